The molecule has 1 unspecified atom stereocenters. The monoisotopic (exact) mass is 231 g/mol. The Morgan fingerprint density at radius 3 is 2.71 bits per heavy atom. The van der Waals surface area contributed by atoms with Crippen molar-refractivity contribution in [2.45, 2.75) is 19.0 Å². The van der Waals surface area contributed by atoms with E-state index in [1.165, 1.54) is 0 Å². The molecule has 1 atom stereocenters. The minimum absolute atomic E-state index is 0.639. The maximum atomic E-state index is 4.36. The van der Waals surface area contributed by atoms with Crippen molar-refractivity contribution in [2.75, 3.05) is 11.5 Å². The van der Waals surface area contributed by atoms with Crippen LogP contribution in [-0.4, -0.2) is 26.3 Å². The Morgan fingerprint density at radius 1 is 1.57 bits per heavy atom. The van der Waals surface area contributed by atoms with Gasteiger partial charge in [-0.3, -0.25) is 0 Å². The van der Waals surface area contributed by atoms with Crippen LogP contribution in [0.5, 0.6) is 0 Å². The molecule has 0 bridgehead atoms. The van der Waals surface area contributed by atoms with E-state index in [0.717, 1.165) is 16.7 Å². The van der Waals surface area contributed by atoms with Crippen molar-refractivity contribution in [1.29, 1.82) is 0 Å². The van der Waals surface area contributed by atoms with Gasteiger partial charge in [0.05, 0.1) is 0 Å². The first-order chi connectivity index (χ1) is 6.65. The highest BCUT2D eigenvalue weighted by Crippen LogP contribution is 2.22. The molecule has 0 saturated heterocycles. The lowest BCUT2D eigenvalue weighted by Gasteiger charge is -2.17. The predicted molar refractivity (Wildman–Crippen MR) is 63.9 cm³/mol. The zero-order valence-corrected chi connectivity index (χ0v) is 10.6. The van der Waals surface area contributed by atoms with E-state index in [-0.39, 0.29) is 0 Å². The molecule has 0 fully saturated rings. The molecule has 1 heterocycles. The Morgan fingerprint density at radius 2 is 2.29 bits per heavy atom. The van der Waals surface area contributed by atoms with Crippen LogP contribution in [0.15, 0.2) is 11.5 Å². The molecule has 0 amide bonds. The lowest BCUT2D eigenvalue weighted by atomic mass is 10.0. The second-order valence-electron chi connectivity index (χ2n) is 3.72. The van der Waals surface area contributed by atoms with Crippen LogP contribution in [0.4, 0.5) is 0 Å². The van der Waals surface area contributed by atoms with Crippen LogP contribution >= 0.6 is 24.4 Å². The third kappa shape index (κ3) is 3.20. The summed E-state index contributed by atoms with van der Waals surface area (Å²) >= 11 is 6.11. The van der Waals surface area contributed by atoms with Gasteiger partial charge in [-0.1, -0.05) is 25.6 Å². The topological polar surface area (TPSA) is 30.7 Å². The van der Waals surface area contributed by atoms with Crippen molar-refractivity contribution in [2.24, 2.45) is 18.9 Å². The second-order valence-corrected chi connectivity index (χ2v) is 5.07. The van der Waals surface area contributed by atoms with Crippen molar-refractivity contribution in [3.05, 3.63) is 6.33 Å². The molecule has 1 rings (SSSR count). The number of hydrogen-bond donors (Lipinski definition) is 1. The van der Waals surface area contributed by atoms with E-state index in [1.54, 1.807) is 18.1 Å². The molecular formula is C9H17N3S2. The maximum absolute atomic E-state index is 4.36. The average molecular weight is 231 g/mol. The standard InChI is InChI=1S/C9H17N3S2/c1-7(2)8(4-13)5-14-9-11-10-6-12(9)3/h6-8,13H,4-5H2,1-3H3. The molecule has 0 aliphatic carbocycles. The van der Waals surface area contributed by atoms with Crippen molar-refractivity contribution < 1.29 is 0 Å². The van der Waals surface area contributed by atoms with Gasteiger partial charge in [0.25, 0.3) is 0 Å². The Balaban J connectivity index is 2.43. The first-order valence-electron chi connectivity index (χ1n) is 4.72. The molecule has 0 radical (unpaired) electrons. The molecular weight excluding hydrogens is 214 g/mol. The van der Waals surface area contributed by atoms with Crippen LogP contribution in [0.1, 0.15) is 13.8 Å². The van der Waals surface area contributed by atoms with Crippen LogP contribution in [-0.2, 0) is 7.05 Å². The number of hydrogen-bond acceptors (Lipinski definition) is 4. The molecule has 14 heavy (non-hydrogen) atoms. The minimum Gasteiger partial charge on any atom is -0.312 e. The van der Waals surface area contributed by atoms with Crippen LogP contribution in [0, 0.1) is 11.8 Å². The summed E-state index contributed by atoms with van der Waals surface area (Å²) in [4.78, 5) is 0. The Labute approximate surface area is 95.1 Å². The fourth-order valence-electron chi connectivity index (χ4n) is 1.04. The lowest BCUT2D eigenvalue weighted by molar-refractivity contribution is 0.472. The summed E-state index contributed by atoms with van der Waals surface area (Å²) in [5, 5.41) is 8.86. The van der Waals surface area contributed by atoms with Gasteiger partial charge in [0.1, 0.15) is 6.33 Å². The highest BCUT2D eigenvalue weighted by molar-refractivity contribution is 7.99. The first kappa shape index (κ1) is 11.9. The summed E-state index contributed by atoms with van der Waals surface area (Å²) in [5.74, 6) is 3.31. The summed E-state index contributed by atoms with van der Waals surface area (Å²) in [6.45, 7) is 4.47. The van der Waals surface area contributed by atoms with Crippen LogP contribution in [0.2, 0.25) is 0 Å². The van der Waals surface area contributed by atoms with E-state index in [0.29, 0.717) is 11.8 Å². The second kappa shape index (κ2) is 5.66. The summed E-state index contributed by atoms with van der Waals surface area (Å²) in [5.41, 5.74) is 0. The molecule has 0 spiro atoms. The zero-order chi connectivity index (χ0) is 10.6. The van der Waals surface area contributed by atoms with E-state index in [2.05, 4.69) is 36.7 Å². The number of thioether (sulfide) groups is 1. The molecule has 0 saturated carbocycles. The van der Waals surface area contributed by atoms with E-state index >= 15 is 0 Å². The fraction of sp³-hybridized carbons (Fsp3) is 0.778. The van der Waals surface area contributed by atoms with Gasteiger partial charge in [-0.15, -0.1) is 10.2 Å². The molecule has 80 valence electrons. The van der Waals surface area contributed by atoms with Gasteiger partial charge in [0.2, 0.25) is 0 Å². The maximum Gasteiger partial charge on any atom is 0.190 e. The summed E-state index contributed by atoms with van der Waals surface area (Å²) in [6.07, 6.45) is 1.73. The van der Waals surface area contributed by atoms with Gasteiger partial charge in [-0.25, -0.2) is 0 Å². The van der Waals surface area contributed by atoms with Crippen molar-refractivity contribution in [3.8, 4) is 0 Å². The van der Waals surface area contributed by atoms with Gasteiger partial charge >= 0.3 is 0 Å². The Hall–Kier alpha value is -0.160. The van der Waals surface area contributed by atoms with Crippen molar-refractivity contribution >= 4 is 24.4 Å². The third-order valence-corrected chi connectivity index (χ3v) is 3.97. The van der Waals surface area contributed by atoms with Gasteiger partial charge in [-0.05, 0) is 17.6 Å². The lowest BCUT2D eigenvalue weighted by Crippen LogP contribution is -2.13. The molecule has 0 aliphatic heterocycles. The molecule has 5 heteroatoms. The van der Waals surface area contributed by atoms with Crippen LogP contribution in [0.3, 0.4) is 0 Å². The van der Waals surface area contributed by atoms with Crippen LogP contribution in [0.25, 0.3) is 0 Å². The minimum atomic E-state index is 0.639. The fourth-order valence-corrected chi connectivity index (χ4v) is 2.99. The predicted octanol–water partition coefficient (Wildman–Crippen LogP) is 2.11. The van der Waals surface area contributed by atoms with Gasteiger partial charge in [-0.2, -0.15) is 12.6 Å². The molecule has 0 aliphatic rings. The van der Waals surface area contributed by atoms with E-state index < -0.39 is 0 Å². The highest BCUT2D eigenvalue weighted by Gasteiger charge is 2.13. The quantitative estimate of drug-likeness (QED) is 0.622. The van der Waals surface area contributed by atoms with E-state index in [1.807, 2.05) is 11.6 Å². The average Bonchev–Trinajstić information content (AvgIpc) is 2.52. The molecule has 1 aromatic rings. The number of nitrogens with zero attached hydrogens (tertiary/aromatic N) is 3. The molecule has 0 N–H and O–H groups in total. The normalized spacial score (nSPS) is 13.5. The van der Waals surface area contributed by atoms with Crippen molar-refractivity contribution in [1.82, 2.24) is 14.8 Å². The molecule has 3 nitrogen and oxygen atoms in total. The number of aromatic nitrogens is 3. The summed E-state index contributed by atoms with van der Waals surface area (Å²) in [6, 6.07) is 0. The van der Waals surface area contributed by atoms with Crippen molar-refractivity contribution in [3.63, 3.8) is 0 Å². The van der Waals surface area contributed by atoms with Gasteiger partial charge in [0.15, 0.2) is 5.16 Å². The van der Waals surface area contributed by atoms with Gasteiger partial charge < -0.3 is 4.57 Å². The Bertz CT molecular complexity index is 273. The summed E-state index contributed by atoms with van der Waals surface area (Å²) < 4.78 is 1.95. The van der Waals surface area contributed by atoms with Gasteiger partial charge in [0, 0.05) is 12.8 Å². The zero-order valence-electron chi connectivity index (χ0n) is 8.84. The number of rotatable bonds is 5. The summed E-state index contributed by atoms with van der Waals surface area (Å²) in [7, 11) is 1.97. The number of thiol groups is 1. The largest absolute Gasteiger partial charge is 0.312 e. The smallest absolute Gasteiger partial charge is 0.190 e. The highest BCUT2D eigenvalue weighted by atomic mass is 32.2. The Kier molecular flexibility index (Phi) is 4.81. The van der Waals surface area contributed by atoms with E-state index in [9.17, 15) is 0 Å². The SMILES string of the molecule is CC(C)C(CS)CSc1nncn1C. The van der Waals surface area contributed by atoms with E-state index in [4.69, 9.17) is 0 Å². The molecule has 0 aromatic carbocycles. The third-order valence-electron chi connectivity index (χ3n) is 2.27. The van der Waals surface area contributed by atoms with Crippen LogP contribution < -0.4 is 0 Å². The first-order valence-corrected chi connectivity index (χ1v) is 6.34. The number of aryl methyl sites for hydroxylation is 1. The molecule has 1 aromatic heterocycles.